The monoisotopic (exact) mass is 323 g/mol. The summed E-state index contributed by atoms with van der Waals surface area (Å²) in [7, 11) is 1.54. The SMILES string of the molecule is COc1cc(C#N)ccc1OCCn1c(CO)nc2ccccc21. The minimum absolute atomic E-state index is 0.130. The number of aliphatic hydroxyl groups excluding tert-OH is 1. The summed E-state index contributed by atoms with van der Waals surface area (Å²) in [6, 6.07) is 14.8. The van der Waals surface area contributed by atoms with E-state index in [0.717, 1.165) is 11.0 Å². The van der Waals surface area contributed by atoms with Crippen LogP contribution in [0, 0.1) is 11.3 Å². The lowest BCUT2D eigenvalue weighted by Crippen LogP contribution is -2.11. The maximum atomic E-state index is 9.50. The van der Waals surface area contributed by atoms with Crippen LogP contribution in [0.3, 0.4) is 0 Å². The van der Waals surface area contributed by atoms with E-state index in [1.165, 1.54) is 7.11 Å². The number of aliphatic hydroxyl groups is 1. The highest BCUT2D eigenvalue weighted by molar-refractivity contribution is 5.75. The number of aromatic nitrogens is 2. The first-order chi connectivity index (χ1) is 11.8. The number of rotatable bonds is 6. The molecule has 6 heteroatoms. The van der Waals surface area contributed by atoms with Crippen molar-refractivity contribution >= 4 is 11.0 Å². The number of fused-ring (bicyclic) bond motifs is 1. The van der Waals surface area contributed by atoms with Crippen LogP contribution in [0.15, 0.2) is 42.5 Å². The molecule has 1 aromatic heterocycles. The van der Waals surface area contributed by atoms with E-state index in [4.69, 9.17) is 14.7 Å². The molecule has 24 heavy (non-hydrogen) atoms. The topological polar surface area (TPSA) is 80.3 Å². The molecule has 0 fully saturated rings. The van der Waals surface area contributed by atoms with Gasteiger partial charge in [0.25, 0.3) is 0 Å². The molecule has 1 N–H and O–H groups in total. The molecule has 3 aromatic rings. The largest absolute Gasteiger partial charge is 0.493 e. The summed E-state index contributed by atoms with van der Waals surface area (Å²) in [5, 5.41) is 18.4. The molecule has 0 saturated heterocycles. The van der Waals surface area contributed by atoms with Gasteiger partial charge in [0.2, 0.25) is 0 Å². The molecule has 0 atom stereocenters. The fourth-order valence-electron chi connectivity index (χ4n) is 2.60. The summed E-state index contributed by atoms with van der Waals surface area (Å²) in [5.74, 6) is 1.70. The van der Waals surface area contributed by atoms with Gasteiger partial charge in [-0.25, -0.2) is 4.98 Å². The highest BCUT2D eigenvalue weighted by atomic mass is 16.5. The predicted molar refractivity (Wildman–Crippen MR) is 88.9 cm³/mol. The third kappa shape index (κ3) is 3.03. The second-order valence-corrected chi connectivity index (χ2v) is 5.15. The Bertz CT molecular complexity index is 896. The van der Waals surface area contributed by atoms with Gasteiger partial charge in [0.15, 0.2) is 11.5 Å². The predicted octanol–water partition coefficient (Wildman–Crippen LogP) is 2.49. The molecule has 3 rings (SSSR count). The van der Waals surface area contributed by atoms with Crippen molar-refractivity contribution in [1.29, 1.82) is 5.26 Å². The normalized spacial score (nSPS) is 10.5. The number of methoxy groups -OCH3 is 1. The molecule has 0 aliphatic carbocycles. The average molecular weight is 323 g/mol. The second kappa shape index (κ2) is 7.02. The van der Waals surface area contributed by atoms with Crippen LogP contribution in [0.25, 0.3) is 11.0 Å². The van der Waals surface area contributed by atoms with E-state index in [1.54, 1.807) is 18.2 Å². The number of imidazole rings is 1. The number of nitrogens with zero attached hydrogens (tertiary/aromatic N) is 3. The summed E-state index contributed by atoms with van der Waals surface area (Å²) in [5.41, 5.74) is 2.32. The van der Waals surface area contributed by atoms with Gasteiger partial charge >= 0.3 is 0 Å². The van der Waals surface area contributed by atoms with Crippen molar-refractivity contribution in [3.05, 3.63) is 53.9 Å². The number of ether oxygens (including phenoxy) is 2. The van der Waals surface area contributed by atoms with Crippen molar-refractivity contribution < 1.29 is 14.6 Å². The van der Waals surface area contributed by atoms with Gasteiger partial charge in [-0.2, -0.15) is 5.26 Å². The van der Waals surface area contributed by atoms with Gasteiger partial charge in [-0.15, -0.1) is 0 Å². The van der Waals surface area contributed by atoms with E-state index >= 15 is 0 Å². The first-order valence-corrected chi connectivity index (χ1v) is 7.52. The van der Waals surface area contributed by atoms with Crippen LogP contribution in [0.1, 0.15) is 11.4 Å². The summed E-state index contributed by atoms with van der Waals surface area (Å²) in [6.45, 7) is 0.796. The molecule has 0 unspecified atom stereocenters. The highest BCUT2D eigenvalue weighted by Crippen LogP contribution is 2.28. The first kappa shape index (κ1) is 15.8. The summed E-state index contributed by atoms with van der Waals surface area (Å²) in [6.07, 6.45) is 0. The van der Waals surface area contributed by atoms with Gasteiger partial charge in [0.05, 0.1) is 36.3 Å². The molecule has 0 radical (unpaired) electrons. The number of benzene rings is 2. The van der Waals surface area contributed by atoms with Gasteiger partial charge in [0.1, 0.15) is 19.0 Å². The lowest BCUT2D eigenvalue weighted by molar-refractivity contribution is 0.252. The Morgan fingerprint density at radius 3 is 2.79 bits per heavy atom. The maximum Gasteiger partial charge on any atom is 0.162 e. The maximum absolute atomic E-state index is 9.50. The Morgan fingerprint density at radius 2 is 2.04 bits per heavy atom. The summed E-state index contributed by atoms with van der Waals surface area (Å²) >= 11 is 0. The summed E-state index contributed by atoms with van der Waals surface area (Å²) in [4.78, 5) is 4.41. The summed E-state index contributed by atoms with van der Waals surface area (Å²) < 4.78 is 13.0. The van der Waals surface area contributed by atoms with Crippen LogP contribution in [0.4, 0.5) is 0 Å². The molecule has 0 amide bonds. The fourth-order valence-corrected chi connectivity index (χ4v) is 2.60. The zero-order valence-corrected chi connectivity index (χ0v) is 13.3. The lowest BCUT2D eigenvalue weighted by Gasteiger charge is -2.12. The molecule has 0 aliphatic heterocycles. The number of hydrogen-bond donors (Lipinski definition) is 1. The zero-order chi connectivity index (χ0) is 16.9. The Labute approximate surface area is 139 Å². The van der Waals surface area contributed by atoms with E-state index < -0.39 is 0 Å². The Hall–Kier alpha value is -3.04. The van der Waals surface area contributed by atoms with Crippen molar-refractivity contribution in [2.45, 2.75) is 13.2 Å². The third-order valence-corrected chi connectivity index (χ3v) is 3.74. The van der Waals surface area contributed by atoms with E-state index in [0.29, 0.717) is 36.0 Å². The van der Waals surface area contributed by atoms with Gasteiger partial charge in [-0.3, -0.25) is 0 Å². The molecular weight excluding hydrogens is 306 g/mol. The number of hydrogen-bond acceptors (Lipinski definition) is 5. The molecule has 0 saturated carbocycles. The quantitative estimate of drug-likeness (QED) is 0.754. The van der Waals surface area contributed by atoms with Crippen LogP contribution in [0.5, 0.6) is 11.5 Å². The van der Waals surface area contributed by atoms with Crippen molar-refractivity contribution in [3.8, 4) is 17.6 Å². The smallest absolute Gasteiger partial charge is 0.162 e. The van der Waals surface area contributed by atoms with Crippen LogP contribution in [0.2, 0.25) is 0 Å². The molecule has 122 valence electrons. The highest BCUT2D eigenvalue weighted by Gasteiger charge is 2.10. The van der Waals surface area contributed by atoms with Crippen LogP contribution in [-0.2, 0) is 13.2 Å². The Morgan fingerprint density at radius 1 is 1.21 bits per heavy atom. The fraction of sp³-hybridized carbons (Fsp3) is 0.222. The van der Waals surface area contributed by atoms with E-state index in [1.807, 2.05) is 28.8 Å². The molecule has 0 spiro atoms. The van der Waals surface area contributed by atoms with Crippen LogP contribution >= 0.6 is 0 Å². The third-order valence-electron chi connectivity index (χ3n) is 3.74. The van der Waals surface area contributed by atoms with Crippen molar-refractivity contribution in [2.24, 2.45) is 0 Å². The van der Waals surface area contributed by atoms with Crippen LogP contribution < -0.4 is 9.47 Å². The van der Waals surface area contributed by atoms with Crippen molar-refractivity contribution in [1.82, 2.24) is 9.55 Å². The minimum atomic E-state index is -0.130. The molecule has 6 nitrogen and oxygen atoms in total. The molecular formula is C18H17N3O3. The van der Waals surface area contributed by atoms with Gasteiger partial charge in [-0.1, -0.05) is 12.1 Å². The van der Waals surface area contributed by atoms with Gasteiger partial charge in [-0.05, 0) is 24.3 Å². The lowest BCUT2D eigenvalue weighted by atomic mass is 10.2. The Balaban J connectivity index is 1.77. The minimum Gasteiger partial charge on any atom is -0.493 e. The van der Waals surface area contributed by atoms with E-state index in [-0.39, 0.29) is 6.61 Å². The van der Waals surface area contributed by atoms with Crippen LogP contribution in [-0.4, -0.2) is 28.4 Å². The molecule has 0 aliphatic rings. The molecule has 0 bridgehead atoms. The zero-order valence-electron chi connectivity index (χ0n) is 13.3. The van der Waals surface area contributed by atoms with E-state index in [2.05, 4.69) is 11.1 Å². The molecule has 1 heterocycles. The first-order valence-electron chi connectivity index (χ1n) is 7.52. The molecule has 2 aromatic carbocycles. The number of para-hydroxylation sites is 2. The second-order valence-electron chi connectivity index (χ2n) is 5.15. The van der Waals surface area contributed by atoms with Crippen molar-refractivity contribution in [3.63, 3.8) is 0 Å². The number of nitriles is 1. The Kier molecular flexibility index (Phi) is 4.64. The average Bonchev–Trinajstić information content (AvgIpc) is 2.99. The van der Waals surface area contributed by atoms with Crippen molar-refractivity contribution in [2.75, 3.05) is 13.7 Å². The standard InChI is InChI=1S/C18H17N3O3/c1-23-17-10-13(11-19)6-7-16(17)24-9-8-21-15-5-3-2-4-14(15)20-18(21)12-22/h2-7,10,22H,8-9,12H2,1H3. The van der Waals surface area contributed by atoms with Gasteiger partial charge in [0, 0.05) is 6.07 Å². The van der Waals surface area contributed by atoms with Gasteiger partial charge < -0.3 is 19.1 Å². The van der Waals surface area contributed by atoms with E-state index in [9.17, 15) is 5.11 Å².